The highest BCUT2D eigenvalue weighted by Gasteiger charge is 2.27. The van der Waals surface area contributed by atoms with Gasteiger partial charge >= 0.3 is 0 Å². The smallest absolute Gasteiger partial charge is 0.274 e. The molecule has 0 unspecified atom stereocenters. The molecule has 0 spiro atoms. The predicted octanol–water partition coefficient (Wildman–Crippen LogP) is 1.23. The lowest BCUT2D eigenvalue weighted by Crippen LogP contribution is -2.34. The number of hydrogen-bond acceptors (Lipinski definition) is 5. The number of likely N-dealkylation sites (tertiary alicyclic amines) is 2. The maximum atomic E-state index is 11.4. The third kappa shape index (κ3) is 4.80. The van der Waals surface area contributed by atoms with Crippen molar-refractivity contribution in [1.29, 1.82) is 0 Å². The van der Waals surface area contributed by atoms with E-state index in [2.05, 4.69) is 32.2 Å². The van der Waals surface area contributed by atoms with Crippen molar-refractivity contribution in [2.75, 3.05) is 39.8 Å². The second kappa shape index (κ2) is 8.69. The van der Waals surface area contributed by atoms with Gasteiger partial charge in [0.15, 0.2) is 0 Å². The minimum Gasteiger partial charge on any atom is -0.326 e. The van der Waals surface area contributed by atoms with E-state index in [1.165, 1.54) is 29.5 Å². The fourth-order valence-corrected chi connectivity index (χ4v) is 5.21. The van der Waals surface area contributed by atoms with Crippen LogP contribution in [-0.4, -0.2) is 67.5 Å². The molecule has 29 heavy (non-hydrogen) atoms. The number of fused-ring (bicyclic) bond motifs is 1. The van der Waals surface area contributed by atoms with Crippen molar-refractivity contribution in [2.45, 2.75) is 44.7 Å². The summed E-state index contributed by atoms with van der Waals surface area (Å²) in [5.41, 5.74) is 3.53. The Morgan fingerprint density at radius 2 is 1.93 bits per heavy atom. The molecule has 9 heteroatoms. The highest BCUT2D eigenvalue weighted by atomic mass is 32.2. The van der Waals surface area contributed by atoms with E-state index in [0.29, 0.717) is 19.0 Å². The van der Waals surface area contributed by atoms with Gasteiger partial charge in [-0.15, -0.1) is 0 Å². The number of nitrogens with one attached hydrogen (secondary N) is 1. The summed E-state index contributed by atoms with van der Waals surface area (Å²) < 4.78 is 27.7. The van der Waals surface area contributed by atoms with Crippen LogP contribution in [0.5, 0.6) is 0 Å². The Morgan fingerprint density at radius 1 is 1.21 bits per heavy atom. The van der Waals surface area contributed by atoms with Gasteiger partial charge in [0.2, 0.25) is 0 Å². The van der Waals surface area contributed by atoms with Crippen LogP contribution in [0.15, 0.2) is 18.3 Å². The highest BCUT2D eigenvalue weighted by molar-refractivity contribution is 7.87. The maximum absolute atomic E-state index is 11.4. The van der Waals surface area contributed by atoms with Crippen molar-refractivity contribution in [3.8, 4) is 0 Å². The Bertz CT molecular complexity index is 943. The minimum absolute atomic E-state index is 0.300. The van der Waals surface area contributed by atoms with Gasteiger partial charge in [0.05, 0.1) is 0 Å². The van der Waals surface area contributed by atoms with Crippen molar-refractivity contribution in [2.24, 2.45) is 5.14 Å². The van der Waals surface area contributed by atoms with Crippen LogP contribution < -0.4 is 9.86 Å². The van der Waals surface area contributed by atoms with E-state index in [1.807, 2.05) is 12.3 Å². The van der Waals surface area contributed by atoms with Gasteiger partial charge in [0.25, 0.3) is 10.2 Å². The lowest BCUT2D eigenvalue weighted by molar-refractivity contribution is 0.221. The zero-order valence-electron chi connectivity index (χ0n) is 17.2. The van der Waals surface area contributed by atoms with Gasteiger partial charge in [0.1, 0.15) is 5.65 Å². The summed E-state index contributed by atoms with van der Waals surface area (Å²) in [5.74, 6) is 0. The first-order valence-electron chi connectivity index (χ1n) is 10.6. The number of rotatable bonds is 7. The molecule has 2 aromatic rings. The summed E-state index contributed by atoms with van der Waals surface area (Å²) in [6.45, 7) is 5.56. The molecule has 0 amide bonds. The van der Waals surface area contributed by atoms with Crippen molar-refractivity contribution >= 4 is 21.2 Å². The number of pyridine rings is 1. The molecule has 8 nitrogen and oxygen atoms in total. The van der Waals surface area contributed by atoms with Crippen molar-refractivity contribution in [3.05, 3.63) is 29.6 Å². The van der Waals surface area contributed by atoms with E-state index in [4.69, 9.17) is 10.1 Å². The highest BCUT2D eigenvalue weighted by Crippen LogP contribution is 2.34. The number of nitrogens with two attached hydrogens (primary N) is 1. The van der Waals surface area contributed by atoms with E-state index >= 15 is 0 Å². The molecule has 0 saturated carbocycles. The van der Waals surface area contributed by atoms with Crippen LogP contribution in [0.1, 0.15) is 43.0 Å². The van der Waals surface area contributed by atoms with Gasteiger partial charge in [-0.3, -0.25) is 4.90 Å². The average Bonchev–Trinajstić information content (AvgIpc) is 3.29. The second-order valence-corrected chi connectivity index (χ2v) is 9.76. The molecule has 2 aliphatic heterocycles. The molecule has 0 atom stereocenters. The molecule has 4 rings (SSSR count). The zero-order chi connectivity index (χ0) is 20.4. The SMILES string of the molecule is CN1CCC(n2c(CCNS(N)(=O)=O)c(CN3CCCC3)c3cccnc32)CC1. The average molecular weight is 421 g/mol. The Hall–Kier alpha value is -1.52. The Balaban J connectivity index is 1.74. The third-order valence-corrected chi connectivity index (χ3v) is 6.88. The topological polar surface area (TPSA) is 96.5 Å². The van der Waals surface area contributed by atoms with E-state index in [9.17, 15) is 8.42 Å². The predicted molar refractivity (Wildman–Crippen MR) is 115 cm³/mol. The van der Waals surface area contributed by atoms with Crippen LogP contribution in [0.4, 0.5) is 0 Å². The Kier molecular flexibility index (Phi) is 6.21. The molecule has 0 aromatic carbocycles. The molecule has 2 aromatic heterocycles. The van der Waals surface area contributed by atoms with Crippen molar-refractivity contribution < 1.29 is 8.42 Å². The molecule has 160 valence electrons. The van der Waals surface area contributed by atoms with E-state index in [1.54, 1.807) is 0 Å². The Labute approximate surface area is 173 Å². The van der Waals surface area contributed by atoms with Crippen molar-refractivity contribution in [1.82, 2.24) is 24.1 Å². The molecule has 0 radical (unpaired) electrons. The van der Waals surface area contributed by atoms with Gasteiger partial charge in [0, 0.05) is 42.8 Å². The van der Waals surface area contributed by atoms with Crippen LogP contribution in [0.2, 0.25) is 0 Å². The third-order valence-electron chi connectivity index (χ3n) is 6.28. The summed E-state index contributed by atoms with van der Waals surface area (Å²) in [6, 6.07) is 4.55. The number of nitrogens with zero attached hydrogens (tertiary/aromatic N) is 4. The maximum Gasteiger partial charge on any atom is 0.274 e. The summed E-state index contributed by atoms with van der Waals surface area (Å²) in [4.78, 5) is 9.62. The van der Waals surface area contributed by atoms with Crippen molar-refractivity contribution in [3.63, 3.8) is 0 Å². The quantitative estimate of drug-likeness (QED) is 0.702. The van der Waals surface area contributed by atoms with E-state index < -0.39 is 10.2 Å². The molecule has 2 saturated heterocycles. The first-order valence-corrected chi connectivity index (χ1v) is 12.1. The van der Waals surface area contributed by atoms with Crippen LogP contribution in [0, 0.1) is 0 Å². The fraction of sp³-hybridized carbons (Fsp3) is 0.650. The lowest BCUT2D eigenvalue weighted by atomic mass is 10.0. The first kappa shape index (κ1) is 20.7. The zero-order valence-corrected chi connectivity index (χ0v) is 18.0. The molecular formula is C20H32N6O2S. The van der Waals surface area contributed by atoms with E-state index in [-0.39, 0.29) is 0 Å². The van der Waals surface area contributed by atoms with Crippen LogP contribution in [-0.2, 0) is 23.2 Å². The fourth-order valence-electron chi connectivity index (χ4n) is 4.82. The number of aromatic nitrogens is 2. The summed E-state index contributed by atoms with van der Waals surface area (Å²) in [7, 11) is -1.53. The van der Waals surface area contributed by atoms with Gasteiger partial charge < -0.3 is 9.47 Å². The van der Waals surface area contributed by atoms with Gasteiger partial charge in [-0.05, 0) is 76.6 Å². The normalized spacial score (nSPS) is 20.1. The molecule has 4 heterocycles. The standard InChI is InChI=1S/C20H32N6O2S/c1-24-13-7-16(8-14-24)26-19(6-10-23-29(21,27)28)18(15-25-11-2-3-12-25)17-5-4-9-22-20(17)26/h4-5,9,16,23H,2-3,6-8,10-15H2,1H3,(H2,21,27,28). The minimum atomic E-state index is -3.70. The largest absolute Gasteiger partial charge is 0.326 e. The Morgan fingerprint density at radius 3 is 2.62 bits per heavy atom. The summed E-state index contributed by atoms with van der Waals surface area (Å²) >= 11 is 0. The summed E-state index contributed by atoms with van der Waals surface area (Å²) in [5, 5.41) is 6.37. The monoisotopic (exact) mass is 420 g/mol. The molecule has 0 bridgehead atoms. The summed E-state index contributed by atoms with van der Waals surface area (Å²) in [6.07, 6.45) is 7.12. The lowest BCUT2D eigenvalue weighted by Gasteiger charge is -2.31. The number of piperidine rings is 1. The van der Waals surface area contributed by atoms with Gasteiger partial charge in [-0.2, -0.15) is 8.42 Å². The van der Waals surface area contributed by atoms with Gasteiger partial charge in [-0.1, -0.05) is 0 Å². The first-order chi connectivity index (χ1) is 13.9. The molecular weight excluding hydrogens is 388 g/mol. The van der Waals surface area contributed by atoms with E-state index in [0.717, 1.165) is 51.2 Å². The molecule has 2 fully saturated rings. The molecule has 2 aliphatic rings. The molecule has 0 aliphatic carbocycles. The second-order valence-electron chi connectivity index (χ2n) is 8.38. The van der Waals surface area contributed by atoms with Crippen LogP contribution in [0.3, 0.4) is 0 Å². The molecule has 3 N–H and O–H groups in total. The van der Waals surface area contributed by atoms with Crippen LogP contribution >= 0.6 is 0 Å². The van der Waals surface area contributed by atoms with Crippen LogP contribution in [0.25, 0.3) is 11.0 Å². The van der Waals surface area contributed by atoms with Gasteiger partial charge in [-0.25, -0.2) is 14.8 Å². The number of hydrogen-bond donors (Lipinski definition) is 2.